The quantitative estimate of drug-likeness (QED) is 0.820. The standard InChI is InChI=1S/C13H20N4S/c1-8-5-9(2)7-10(6-8)17-13-11(12(14)18)15-3-4-16-13/h3-4,8-10H,5-7H2,1-2H3,(H2,14,18)(H,16,17). The molecule has 0 spiro atoms. The summed E-state index contributed by atoms with van der Waals surface area (Å²) in [7, 11) is 0. The smallest absolute Gasteiger partial charge is 0.155 e. The van der Waals surface area contributed by atoms with Crippen molar-refractivity contribution in [3.63, 3.8) is 0 Å². The van der Waals surface area contributed by atoms with Crippen LogP contribution in [0.5, 0.6) is 0 Å². The lowest BCUT2D eigenvalue weighted by molar-refractivity contribution is 0.280. The Morgan fingerprint density at radius 3 is 2.44 bits per heavy atom. The molecule has 1 aliphatic rings. The van der Waals surface area contributed by atoms with Gasteiger partial charge in [0.15, 0.2) is 5.82 Å². The summed E-state index contributed by atoms with van der Waals surface area (Å²) < 4.78 is 0. The fourth-order valence-corrected chi connectivity index (χ4v) is 3.03. The number of hydrogen-bond acceptors (Lipinski definition) is 4. The Bertz CT molecular complexity index is 425. The maximum Gasteiger partial charge on any atom is 0.155 e. The third-order valence-electron chi connectivity index (χ3n) is 3.45. The lowest BCUT2D eigenvalue weighted by Gasteiger charge is -2.32. The van der Waals surface area contributed by atoms with Crippen molar-refractivity contribution in [2.24, 2.45) is 17.6 Å². The Morgan fingerprint density at radius 1 is 1.22 bits per heavy atom. The topological polar surface area (TPSA) is 63.8 Å². The van der Waals surface area contributed by atoms with Crippen LogP contribution in [-0.4, -0.2) is 21.0 Å². The monoisotopic (exact) mass is 264 g/mol. The lowest BCUT2D eigenvalue weighted by atomic mass is 9.80. The minimum Gasteiger partial charge on any atom is -0.388 e. The highest BCUT2D eigenvalue weighted by molar-refractivity contribution is 7.80. The highest BCUT2D eigenvalue weighted by Crippen LogP contribution is 2.30. The molecule has 0 bridgehead atoms. The van der Waals surface area contributed by atoms with E-state index in [1.807, 2.05) is 0 Å². The molecule has 1 fully saturated rings. The van der Waals surface area contributed by atoms with E-state index in [4.69, 9.17) is 18.0 Å². The molecule has 5 heteroatoms. The molecule has 1 saturated carbocycles. The lowest BCUT2D eigenvalue weighted by Crippen LogP contribution is -2.31. The minimum atomic E-state index is 0.294. The average Bonchev–Trinajstić information content (AvgIpc) is 2.27. The first-order chi connectivity index (χ1) is 8.56. The summed E-state index contributed by atoms with van der Waals surface area (Å²) in [6.45, 7) is 4.60. The molecule has 1 heterocycles. The molecule has 3 N–H and O–H groups in total. The van der Waals surface area contributed by atoms with Gasteiger partial charge in [-0.15, -0.1) is 0 Å². The van der Waals surface area contributed by atoms with Crippen LogP contribution in [0.15, 0.2) is 12.4 Å². The van der Waals surface area contributed by atoms with Crippen molar-refractivity contribution in [1.29, 1.82) is 0 Å². The van der Waals surface area contributed by atoms with E-state index < -0.39 is 0 Å². The molecular weight excluding hydrogens is 244 g/mol. The van der Waals surface area contributed by atoms with Gasteiger partial charge in [0, 0.05) is 18.4 Å². The van der Waals surface area contributed by atoms with Crippen molar-refractivity contribution < 1.29 is 0 Å². The van der Waals surface area contributed by atoms with Gasteiger partial charge in [-0.3, -0.25) is 0 Å². The first-order valence-corrected chi connectivity index (χ1v) is 6.84. The zero-order valence-electron chi connectivity index (χ0n) is 10.9. The molecule has 2 rings (SSSR count). The Hall–Kier alpha value is -1.23. The Morgan fingerprint density at radius 2 is 1.83 bits per heavy atom. The maximum absolute atomic E-state index is 5.66. The zero-order chi connectivity index (χ0) is 13.1. The number of nitrogens with two attached hydrogens (primary N) is 1. The van der Waals surface area contributed by atoms with Gasteiger partial charge in [0.05, 0.1) is 0 Å². The second-order valence-corrected chi connectivity index (χ2v) is 5.82. The molecular formula is C13H20N4S. The summed E-state index contributed by atoms with van der Waals surface area (Å²) >= 11 is 5.00. The molecule has 0 radical (unpaired) electrons. The van der Waals surface area contributed by atoms with E-state index in [1.165, 1.54) is 6.42 Å². The van der Waals surface area contributed by atoms with Gasteiger partial charge in [0.1, 0.15) is 10.7 Å². The van der Waals surface area contributed by atoms with Gasteiger partial charge in [0.2, 0.25) is 0 Å². The van der Waals surface area contributed by atoms with Gasteiger partial charge in [0.25, 0.3) is 0 Å². The van der Waals surface area contributed by atoms with E-state index >= 15 is 0 Å². The maximum atomic E-state index is 5.66. The molecule has 4 nitrogen and oxygen atoms in total. The van der Waals surface area contributed by atoms with Crippen LogP contribution < -0.4 is 11.1 Å². The van der Waals surface area contributed by atoms with Crippen LogP contribution in [-0.2, 0) is 0 Å². The van der Waals surface area contributed by atoms with Gasteiger partial charge in [-0.05, 0) is 31.1 Å². The van der Waals surface area contributed by atoms with E-state index in [0.717, 1.165) is 30.5 Å². The Kier molecular flexibility index (Phi) is 4.11. The van der Waals surface area contributed by atoms with E-state index in [-0.39, 0.29) is 0 Å². The molecule has 2 atom stereocenters. The molecule has 18 heavy (non-hydrogen) atoms. The van der Waals surface area contributed by atoms with Crippen LogP contribution in [0.4, 0.5) is 5.82 Å². The summed E-state index contributed by atoms with van der Waals surface area (Å²) in [6, 6.07) is 0.438. The molecule has 1 aliphatic carbocycles. The zero-order valence-corrected chi connectivity index (χ0v) is 11.7. The van der Waals surface area contributed by atoms with Gasteiger partial charge < -0.3 is 11.1 Å². The summed E-state index contributed by atoms with van der Waals surface area (Å²) in [5.41, 5.74) is 6.26. The summed E-state index contributed by atoms with van der Waals surface area (Å²) in [4.78, 5) is 8.79. The van der Waals surface area contributed by atoms with Gasteiger partial charge in [-0.25, -0.2) is 9.97 Å². The van der Waals surface area contributed by atoms with Crippen LogP contribution >= 0.6 is 12.2 Å². The van der Waals surface area contributed by atoms with Gasteiger partial charge in [-0.1, -0.05) is 26.1 Å². The fourth-order valence-electron chi connectivity index (χ4n) is 2.88. The molecule has 0 aromatic carbocycles. The SMILES string of the molecule is CC1CC(C)CC(Nc2nccnc2C(N)=S)C1. The predicted octanol–water partition coefficient (Wildman–Crippen LogP) is 2.35. The molecule has 1 aromatic heterocycles. The van der Waals surface area contributed by atoms with Crippen molar-refractivity contribution in [1.82, 2.24) is 9.97 Å². The van der Waals surface area contributed by atoms with Gasteiger partial charge in [-0.2, -0.15) is 0 Å². The van der Waals surface area contributed by atoms with E-state index in [0.29, 0.717) is 16.7 Å². The van der Waals surface area contributed by atoms with E-state index in [9.17, 15) is 0 Å². The van der Waals surface area contributed by atoms with Crippen LogP contribution in [0, 0.1) is 11.8 Å². The number of anilines is 1. The summed E-state index contributed by atoms with van der Waals surface area (Å²) in [5, 5.41) is 3.45. The molecule has 0 aliphatic heterocycles. The van der Waals surface area contributed by atoms with Crippen molar-refractivity contribution in [2.45, 2.75) is 39.2 Å². The fraction of sp³-hybridized carbons (Fsp3) is 0.615. The van der Waals surface area contributed by atoms with Crippen molar-refractivity contribution >= 4 is 23.0 Å². The normalized spacial score (nSPS) is 27.8. The van der Waals surface area contributed by atoms with Crippen LogP contribution in [0.25, 0.3) is 0 Å². The number of aromatic nitrogens is 2. The van der Waals surface area contributed by atoms with Gasteiger partial charge >= 0.3 is 0 Å². The highest BCUT2D eigenvalue weighted by atomic mass is 32.1. The average molecular weight is 264 g/mol. The molecule has 98 valence electrons. The highest BCUT2D eigenvalue weighted by Gasteiger charge is 2.24. The third-order valence-corrected chi connectivity index (χ3v) is 3.64. The molecule has 2 unspecified atom stereocenters. The predicted molar refractivity (Wildman–Crippen MR) is 77.5 cm³/mol. The first-order valence-electron chi connectivity index (χ1n) is 6.43. The first kappa shape index (κ1) is 13.2. The second-order valence-electron chi connectivity index (χ2n) is 5.38. The molecule has 1 aromatic rings. The Labute approximate surface area is 113 Å². The van der Waals surface area contributed by atoms with Crippen LogP contribution in [0.2, 0.25) is 0 Å². The van der Waals surface area contributed by atoms with Crippen molar-refractivity contribution in [3.05, 3.63) is 18.1 Å². The number of nitrogens with zero attached hydrogens (tertiary/aromatic N) is 2. The summed E-state index contributed by atoms with van der Waals surface area (Å²) in [6.07, 6.45) is 6.92. The van der Waals surface area contributed by atoms with Crippen LogP contribution in [0.1, 0.15) is 38.8 Å². The summed E-state index contributed by atoms with van der Waals surface area (Å²) in [5.74, 6) is 2.21. The number of nitrogens with one attached hydrogen (secondary N) is 1. The number of hydrogen-bond donors (Lipinski definition) is 2. The van der Waals surface area contributed by atoms with E-state index in [2.05, 4.69) is 29.1 Å². The number of thiocarbonyl (C=S) groups is 1. The molecule has 0 saturated heterocycles. The van der Waals surface area contributed by atoms with Crippen LogP contribution in [0.3, 0.4) is 0 Å². The molecule has 0 amide bonds. The Balaban J connectivity index is 2.11. The largest absolute Gasteiger partial charge is 0.388 e. The minimum absolute atomic E-state index is 0.294. The van der Waals surface area contributed by atoms with Crippen molar-refractivity contribution in [3.8, 4) is 0 Å². The van der Waals surface area contributed by atoms with E-state index in [1.54, 1.807) is 12.4 Å². The van der Waals surface area contributed by atoms with Crippen molar-refractivity contribution in [2.75, 3.05) is 5.32 Å². The second kappa shape index (κ2) is 5.61. The number of rotatable bonds is 3. The third kappa shape index (κ3) is 3.16.